The fraction of sp³-hybridized carbons (Fsp3) is 0.333. The topological polar surface area (TPSA) is 46.9 Å². The minimum atomic E-state index is -0.481. The zero-order valence-corrected chi connectivity index (χ0v) is 13.7. The first-order chi connectivity index (χ1) is 10.5. The van der Waals surface area contributed by atoms with Crippen LogP contribution in [-0.4, -0.2) is 21.4 Å². The first kappa shape index (κ1) is 15.4. The molecule has 0 bridgehead atoms. The smallest absolute Gasteiger partial charge is 0.235 e. The molecule has 22 heavy (non-hydrogen) atoms. The minimum Gasteiger partial charge on any atom is -0.310 e. The quantitative estimate of drug-likeness (QED) is 0.898. The number of benzene rings is 1. The van der Waals surface area contributed by atoms with Gasteiger partial charge in [0.25, 0.3) is 0 Å². The highest BCUT2D eigenvalue weighted by molar-refractivity contribution is 8.00. The summed E-state index contributed by atoms with van der Waals surface area (Å²) in [6.07, 6.45) is 1.70. The van der Waals surface area contributed by atoms with Crippen LogP contribution in [-0.2, 0) is 4.79 Å². The third kappa shape index (κ3) is 2.73. The Hall–Kier alpha value is -1.53. The number of carbonyl (C=O) groups is 1. The van der Waals surface area contributed by atoms with E-state index in [1.54, 1.807) is 30.1 Å². The molecule has 1 aromatic carbocycles. The number of nitrogens with one attached hydrogen (secondary N) is 1. The summed E-state index contributed by atoms with van der Waals surface area (Å²) in [7, 11) is 0. The van der Waals surface area contributed by atoms with Gasteiger partial charge in [-0.1, -0.05) is 25.4 Å². The highest BCUT2D eigenvalue weighted by Gasteiger charge is 2.29. The highest BCUT2D eigenvalue weighted by atomic mass is 35.5. The van der Waals surface area contributed by atoms with Gasteiger partial charge >= 0.3 is 0 Å². The van der Waals surface area contributed by atoms with Crippen molar-refractivity contribution in [1.82, 2.24) is 9.78 Å². The molecule has 0 aliphatic carbocycles. The van der Waals surface area contributed by atoms with E-state index in [9.17, 15) is 9.18 Å². The zero-order valence-electron chi connectivity index (χ0n) is 12.1. The number of rotatable bonds is 2. The van der Waals surface area contributed by atoms with Gasteiger partial charge in [0.2, 0.25) is 5.91 Å². The molecule has 2 aromatic rings. The number of fused-ring (bicyclic) bond motifs is 1. The number of carbonyl (C=O) groups excluding carboxylic acids is 1. The van der Waals surface area contributed by atoms with Gasteiger partial charge in [-0.15, -0.1) is 11.8 Å². The molecule has 116 valence electrons. The Bertz CT molecular complexity index is 732. The van der Waals surface area contributed by atoms with Crippen LogP contribution in [0.4, 0.5) is 10.2 Å². The number of anilines is 1. The molecule has 1 aliphatic rings. The molecule has 0 spiro atoms. The predicted octanol–water partition coefficient (Wildman–Crippen LogP) is 4.05. The molecule has 1 N–H and O–H groups in total. The van der Waals surface area contributed by atoms with Crippen LogP contribution in [0.5, 0.6) is 0 Å². The average Bonchev–Trinajstić information content (AvgIpc) is 2.75. The van der Waals surface area contributed by atoms with E-state index in [0.717, 1.165) is 5.56 Å². The normalized spacial score (nSPS) is 18.0. The fourth-order valence-corrected chi connectivity index (χ4v) is 3.80. The lowest BCUT2D eigenvalue weighted by atomic mass is 10.0. The summed E-state index contributed by atoms with van der Waals surface area (Å²) in [5, 5.41) is 7.57. The zero-order chi connectivity index (χ0) is 15.9. The number of halogens is 2. The van der Waals surface area contributed by atoms with Crippen LogP contribution in [0.25, 0.3) is 5.69 Å². The molecule has 1 aromatic heterocycles. The second-order valence-corrected chi connectivity index (χ2v) is 7.05. The number of thioether (sulfide) groups is 1. The van der Waals surface area contributed by atoms with Gasteiger partial charge in [0.05, 0.1) is 11.9 Å². The standard InChI is InChI=1S/C15H15ClFN3OS/c1-8(2)14-10-6-18-20(15(10)19-13(21)7-22-14)12-4-3-9(16)5-11(12)17/h3-6,8,14H,7H2,1-2H3,(H,19,21)/t14-/m0/s1. The van der Waals surface area contributed by atoms with E-state index in [2.05, 4.69) is 24.3 Å². The molecule has 0 radical (unpaired) electrons. The van der Waals surface area contributed by atoms with Crippen molar-refractivity contribution in [2.75, 3.05) is 11.1 Å². The fourth-order valence-electron chi connectivity index (χ4n) is 2.51. The van der Waals surface area contributed by atoms with Crippen molar-refractivity contribution in [3.63, 3.8) is 0 Å². The number of hydrogen-bond donors (Lipinski definition) is 1. The lowest BCUT2D eigenvalue weighted by molar-refractivity contribution is -0.113. The molecule has 3 rings (SSSR count). The predicted molar refractivity (Wildman–Crippen MR) is 87.2 cm³/mol. The van der Waals surface area contributed by atoms with Gasteiger partial charge in [0.15, 0.2) is 0 Å². The van der Waals surface area contributed by atoms with Crippen LogP contribution in [0, 0.1) is 11.7 Å². The Labute approximate surface area is 137 Å². The maximum absolute atomic E-state index is 14.2. The Morgan fingerprint density at radius 1 is 1.50 bits per heavy atom. The molecule has 0 saturated heterocycles. The SMILES string of the molecule is CC(C)[C@@H]1SCC(=O)Nc2c1cnn2-c1ccc(Cl)cc1F. The van der Waals surface area contributed by atoms with E-state index in [-0.39, 0.29) is 16.8 Å². The van der Waals surface area contributed by atoms with Crippen LogP contribution in [0.3, 0.4) is 0 Å². The van der Waals surface area contributed by atoms with Crippen molar-refractivity contribution >= 4 is 35.1 Å². The number of amides is 1. The maximum Gasteiger partial charge on any atom is 0.235 e. The van der Waals surface area contributed by atoms with Crippen LogP contribution >= 0.6 is 23.4 Å². The van der Waals surface area contributed by atoms with Crippen LogP contribution in [0.1, 0.15) is 24.7 Å². The summed E-state index contributed by atoms with van der Waals surface area (Å²) in [5.74, 6) is 0.663. The summed E-state index contributed by atoms with van der Waals surface area (Å²) in [5.41, 5.74) is 1.18. The van der Waals surface area contributed by atoms with Crippen molar-refractivity contribution < 1.29 is 9.18 Å². The van der Waals surface area contributed by atoms with Gasteiger partial charge < -0.3 is 5.32 Å². The summed E-state index contributed by atoms with van der Waals surface area (Å²) in [4.78, 5) is 11.9. The molecular weight excluding hydrogens is 325 g/mol. The van der Waals surface area contributed by atoms with Gasteiger partial charge in [-0.05, 0) is 24.1 Å². The van der Waals surface area contributed by atoms with Gasteiger partial charge in [0.1, 0.15) is 17.3 Å². The van der Waals surface area contributed by atoms with Crippen molar-refractivity contribution in [3.8, 4) is 5.69 Å². The summed E-state index contributed by atoms with van der Waals surface area (Å²) in [6, 6.07) is 4.39. The molecular formula is C15H15ClFN3OS. The van der Waals surface area contributed by atoms with E-state index in [1.165, 1.54) is 10.7 Å². The van der Waals surface area contributed by atoms with Gasteiger partial charge in [0, 0.05) is 15.8 Å². The number of hydrogen-bond acceptors (Lipinski definition) is 3. The molecule has 0 fully saturated rings. The summed E-state index contributed by atoms with van der Waals surface area (Å²) in [6.45, 7) is 4.19. The van der Waals surface area contributed by atoms with Gasteiger partial charge in [-0.3, -0.25) is 4.79 Å². The van der Waals surface area contributed by atoms with Crippen molar-refractivity contribution in [2.45, 2.75) is 19.1 Å². The minimum absolute atomic E-state index is 0.106. The molecule has 2 heterocycles. The second kappa shape index (κ2) is 5.93. The van der Waals surface area contributed by atoms with E-state index >= 15 is 0 Å². The molecule has 0 unspecified atom stereocenters. The molecule has 1 atom stereocenters. The molecule has 1 aliphatic heterocycles. The van der Waals surface area contributed by atoms with Crippen molar-refractivity contribution in [2.24, 2.45) is 5.92 Å². The third-order valence-corrected chi connectivity index (χ3v) is 5.32. The van der Waals surface area contributed by atoms with Crippen LogP contribution in [0.15, 0.2) is 24.4 Å². The number of nitrogens with zero attached hydrogens (tertiary/aromatic N) is 2. The first-order valence-corrected chi connectivity index (χ1v) is 8.35. The molecule has 1 amide bonds. The van der Waals surface area contributed by atoms with E-state index in [1.807, 2.05) is 0 Å². The van der Waals surface area contributed by atoms with E-state index in [4.69, 9.17) is 11.6 Å². The number of aromatic nitrogens is 2. The Morgan fingerprint density at radius 3 is 2.95 bits per heavy atom. The van der Waals surface area contributed by atoms with Crippen molar-refractivity contribution in [1.29, 1.82) is 0 Å². The maximum atomic E-state index is 14.2. The van der Waals surface area contributed by atoms with E-state index in [0.29, 0.717) is 22.5 Å². The Balaban J connectivity index is 2.14. The third-order valence-electron chi connectivity index (χ3n) is 3.50. The van der Waals surface area contributed by atoms with Gasteiger partial charge in [-0.2, -0.15) is 5.10 Å². The monoisotopic (exact) mass is 339 g/mol. The molecule has 4 nitrogen and oxygen atoms in total. The second-order valence-electron chi connectivity index (χ2n) is 5.48. The Morgan fingerprint density at radius 2 is 2.27 bits per heavy atom. The first-order valence-electron chi connectivity index (χ1n) is 6.92. The van der Waals surface area contributed by atoms with E-state index < -0.39 is 5.82 Å². The Kier molecular flexibility index (Phi) is 4.14. The lowest BCUT2D eigenvalue weighted by Gasteiger charge is -2.17. The molecule has 7 heteroatoms. The largest absolute Gasteiger partial charge is 0.310 e. The summed E-state index contributed by atoms with van der Waals surface area (Å²) < 4.78 is 15.6. The van der Waals surface area contributed by atoms with Crippen LogP contribution in [0.2, 0.25) is 5.02 Å². The summed E-state index contributed by atoms with van der Waals surface area (Å²) >= 11 is 7.37. The highest BCUT2D eigenvalue weighted by Crippen LogP contribution is 2.42. The van der Waals surface area contributed by atoms with Gasteiger partial charge in [-0.25, -0.2) is 9.07 Å². The van der Waals surface area contributed by atoms with Crippen LogP contribution < -0.4 is 5.32 Å². The lowest BCUT2D eigenvalue weighted by Crippen LogP contribution is -2.16. The van der Waals surface area contributed by atoms with Crippen molar-refractivity contribution in [3.05, 3.63) is 40.8 Å². The average molecular weight is 340 g/mol. The molecule has 0 saturated carbocycles.